The van der Waals surface area contributed by atoms with Crippen molar-refractivity contribution in [3.63, 3.8) is 0 Å². The lowest BCUT2D eigenvalue weighted by Crippen LogP contribution is -2.29. The van der Waals surface area contributed by atoms with Crippen molar-refractivity contribution < 1.29 is 9.59 Å². The molecule has 0 radical (unpaired) electrons. The summed E-state index contributed by atoms with van der Waals surface area (Å²) in [5.41, 5.74) is 2.38. The van der Waals surface area contributed by atoms with Gasteiger partial charge in [0.2, 0.25) is 5.91 Å². The van der Waals surface area contributed by atoms with Crippen molar-refractivity contribution in [3.8, 4) is 0 Å². The lowest BCUT2D eigenvalue weighted by molar-refractivity contribution is -0.131. The third-order valence-electron chi connectivity index (χ3n) is 4.27. The second kappa shape index (κ2) is 7.23. The Balaban J connectivity index is 1.77. The Bertz CT molecular complexity index is 694. The van der Waals surface area contributed by atoms with Crippen molar-refractivity contribution in [1.82, 2.24) is 4.90 Å². The Morgan fingerprint density at radius 2 is 1.70 bits per heavy atom. The van der Waals surface area contributed by atoms with Crippen LogP contribution < -0.4 is 0 Å². The summed E-state index contributed by atoms with van der Waals surface area (Å²) < 4.78 is 0. The summed E-state index contributed by atoms with van der Waals surface area (Å²) in [6, 6.07) is 16.9. The minimum Gasteiger partial charge on any atom is -0.338 e. The first-order chi connectivity index (χ1) is 11.2. The van der Waals surface area contributed by atoms with E-state index in [1.54, 1.807) is 0 Å². The number of ketones is 1. The highest BCUT2D eigenvalue weighted by Gasteiger charge is 2.17. The van der Waals surface area contributed by atoms with E-state index in [4.69, 9.17) is 0 Å². The smallest absolute Gasteiger partial charge is 0.222 e. The zero-order valence-corrected chi connectivity index (χ0v) is 13.2. The fourth-order valence-corrected chi connectivity index (χ4v) is 2.99. The predicted molar refractivity (Wildman–Crippen MR) is 90.2 cm³/mol. The zero-order chi connectivity index (χ0) is 16.1. The summed E-state index contributed by atoms with van der Waals surface area (Å²) in [5, 5.41) is 0. The van der Waals surface area contributed by atoms with Gasteiger partial charge in [-0.25, -0.2) is 0 Å². The third-order valence-corrected chi connectivity index (χ3v) is 4.27. The lowest BCUT2D eigenvalue weighted by atomic mass is 10.0. The number of hydrogen-bond acceptors (Lipinski definition) is 2. The van der Waals surface area contributed by atoms with Crippen molar-refractivity contribution in [2.45, 2.75) is 32.2 Å². The van der Waals surface area contributed by atoms with E-state index < -0.39 is 0 Å². The number of rotatable bonds is 4. The molecule has 2 aromatic rings. The molecule has 23 heavy (non-hydrogen) atoms. The van der Waals surface area contributed by atoms with E-state index in [1.165, 1.54) is 0 Å². The van der Waals surface area contributed by atoms with Gasteiger partial charge >= 0.3 is 0 Å². The van der Waals surface area contributed by atoms with Crippen molar-refractivity contribution in [2.75, 3.05) is 6.54 Å². The number of benzene rings is 2. The molecule has 0 aliphatic carbocycles. The first-order valence-electron chi connectivity index (χ1n) is 8.20. The maximum atomic E-state index is 12.5. The van der Waals surface area contributed by atoms with Gasteiger partial charge < -0.3 is 4.90 Å². The SMILES string of the molecule is O=C(c1ccccc1)c1cccc(CN2CCCCCC2=O)c1. The number of amides is 1. The van der Waals surface area contributed by atoms with Crippen LogP contribution in [0.4, 0.5) is 0 Å². The van der Waals surface area contributed by atoms with Crippen molar-refractivity contribution in [2.24, 2.45) is 0 Å². The molecule has 1 heterocycles. The zero-order valence-electron chi connectivity index (χ0n) is 13.2. The maximum absolute atomic E-state index is 12.5. The lowest BCUT2D eigenvalue weighted by Gasteiger charge is -2.20. The topological polar surface area (TPSA) is 37.4 Å². The summed E-state index contributed by atoms with van der Waals surface area (Å²) in [4.78, 5) is 26.6. The molecule has 3 heteroatoms. The molecule has 1 amide bonds. The Labute approximate surface area is 136 Å². The van der Waals surface area contributed by atoms with E-state index in [0.717, 1.165) is 31.4 Å². The molecular weight excluding hydrogens is 286 g/mol. The Kier molecular flexibility index (Phi) is 4.86. The number of carbonyl (C=O) groups is 2. The summed E-state index contributed by atoms with van der Waals surface area (Å²) in [6.45, 7) is 1.41. The van der Waals surface area contributed by atoms with Gasteiger partial charge in [0.15, 0.2) is 5.78 Å². The Hall–Kier alpha value is -2.42. The van der Waals surface area contributed by atoms with E-state index in [2.05, 4.69) is 0 Å². The van der Waals surface area contributed by atoms with Crippen LogP contribution in [0.1, 0.15) is 47.2 Å². The van der Waals surface area contributed by atoms with Gasteiger partial charge in [-0.15, -0.1) is 0 Å². The summed E-state index contributed by atoms with van der Waals surface area (Å²) in [5.74, 6) is 0.247. The molecule has 118 valence electrons. The molecule has 0 bridgehead atoms. The van der Waals surface area contributed by atoms with Crippen LogP contribution in [0.25, 0.3) is 0 Å². The van der Waals surface area contributed by atoms with Crippen LogP contribution in [0, 0.1) is 0 Å². The molecule has 0 atom stereocenters. The van der Waals surface area contributed by atoms with Crippen LogP contribution in [0.15, 0.2) is 54.6 Å². The van der Waals surface area contributed by atoms with Gasteiger partial charge in [-0.1, -0.05) is 55.0 Å². The number of hydrogen-bond donors (Lipinski definition) is 0. The fraction of sp³-hybridized carbons (Fsp3) is 0.300. The van der Waals surface area contributed by atoms with Gasteiger partial charge in [0, 0.05) is 30.6 Å². The monoisotopic (exact) mass is 307 g/mol. The molecule has 0 saturated carbocycles. The van der Waals surface area contributed by atoms with Crippen LogP contribution in [0.3, 0.4) is 0 Å². The van der Waals surface area contributed by atoms with E-state index in [1.807, 2.05) is 59.5 Å². The molecule has 3 rings (SSSR count). The minimum absolute atomic E-state index is 0.0228. The minimum atomic E-state index is 0.0228. The van der Waals surface area contributed by atoms with Crippen molar-refractivity contribution in [1.29, 1.82) is 0 Å². The van der Waals surface area contributed by atoms with Gasteiger partial charge in [0.1, 0.15) is 0 Å². The molecule has 2 aromatic carbocycles. The Morgan fingerprint density at radius 1 is 0.913 bits per heavy atom. The first kappa shape index (κ1) is 15.5. The molecule has 1 fully saturated rings. The average Bonchev–Trinajstić information content (AvgIpc) is 2.80. The van der Waals surface area contributed by atoms with Crippen molar-refractivity contribution >= 4 is 11.7 Å². The largest absolute Gasteiger partial charge is 0.338 e. The van der Waals surface area contributed by atoms with E-state index >= 15 is 0 Å². The molecule has 1 aliphatic heterocycles. The molecule has 1 aliphatic rings. The number of carbonyl (C=O) groups excluding carboxylic acids is 2. The third kappa shape index (κ3) is 3.86. The van der Waals surface area contributed by atoms with Crippen LogP contribution >= 0.6 is 0 Å². The fourth-order valence-electron chi connectivity index (χ4n) is 2.99. The van der Waals surface area contributed by atoms with Gasteiger partial charge in [-0.3, -0.25) is 9.59 Å². The van der Waals surface area contributed by atoms with Gasteiger partial charge in [0.05, 0.1) is 0 Å². The second-order valence-corrected chi connectivity index (χ2v) is 6.02. The normalized spacial score (nSPS) is 15.3. The molecule has 0 spiro atoms. The van der Waals surface area contributed by atoms with E-state index in [-0.39, 0.29) is 11.7 Å². The molecular formula is C20H21NO2. The standard InChI is InChI=1S/C20H21NO2/c22-19-12-5-2-6-13-21(19)15-16-8-7-11-18(14-16)20(23)17-9-3-1-4-10-17/h1,3-4,7-11,14H,2,5-6,12-13,15H2. The summed E-state index contributed by atoms with van der Waals surface area (Å²) in [7, 11) is 0. The highest BCUT2D eigenvalue weighted by atomic mass is 16.2. The highest BCUT2D eigenvalue weighted by molar-refractivity contribution is 6.09. The van der Waals surface area contributed by atoms with Gasteiger partial charge in [-0.2, -0.15) is 0 Å². The first-order valence-corrected chi connectivity index (χ1v) is 8.20. The highest BCUT2D eigenvalue weighted by Crippen LogP contribution is 2.17. The van der Waals surface area contributed by atoms with Crippen molar-refractivity contribution in [3.05, 3.63) is 71.3 Å². The molecule has 1 saturated heterocycles. The Morgan fingerprint density at radius 3 is 2.52 bits per heavy atom. The summed E-state index contributed by atoms with van der Waals surface area (Å²) >= 11 is 0. The van der Waals surface area contributed by atoms with Crippen LogP contribution in [0.5, 0.6) is 0 Å². The van der Waals surface area contributed by atoms with E-state index in [9.17, 15) is 9.59 Å². The van der Waals surface area contributed by atoms with Gasteiger partial charge in [-0.05, 0) is 24.5 Å². The summed E-state index contributed by atoms with van der Waals surface area (Å²) in [6.07, 6.45) is 3.81. The maximum Gasteiger partial charge on any atom is 0.222 e. The van der Waals surface area contributed by atoms with Crippen LogP contribution in [0.2, 0.25) is 0 Å². The van der Waals surface area contributed by atoms with Crippen LogP contribution in [-0.2, 0) is 11.3 Å². The second-order valence-electron chi connectivity index (χ2n) is 6.02. The van der Waals surface area contributed by atoms with Crippen LogP contribution in [-0.4, -0.2) is 23.1 Å². The average molecular weight is 307 g/mol. The number of nitrogens with zero attached hydrogens (tertiary/aromatic N) is 1. The van der Waals surface area contributed by atoms with Gasteiger partial charge in [0.25, 0.3) is 0 Å². The number of likely N-dealkylation sites (tertiary alicyclic amines) is 1. The molecule has 0 N–H and O–H groups in total. The predicted octanol–water partition coefficient (Wildman–Crippen LogP) is 3.82. The molecule has 0 unspecified atom stereocenters. The molecule has 3 nitrogen and oxygen atoms in total. The quantitative estimate of drug-likeness (QED) is 0.805. The molecule has 0 aromatic heterocycles. The van der Waals surface area contributed by atoms with E-state index in [0.29, 0.717) is 24.1 Å².